The van der Waals surface area contributed by atoms with Gasteiger partial charge in [0.1, 0.15) is 11.3 Å². The van der Waals surface area contributed by atoms with Crippen LogP contribution in [0, 0.1) is 6.92 Å². The molecule has 0 aliphatic rings. The standard InChI is InChI=1S/C18H14F3N5O2/c1-10-16-12(18(19,20)21)8-15(28)26(17(16)24(2)23-10)9-11-7-14(27)25-6-4-3-5-13(25)22-11/h3-8H,9H2,1-2H3. The van der Waals surface area contributed by atoms with Gasteiger partial charge in [-0.1, -0.05) is 6.07 Å². The normalized spacial score (nSPS) is 12.2. The van der Waals surface area contributed by atoms with Gasteiger partial charge in [-0.2, -0.15) is 18.3 Å². The van der Waals surface area contributed by atoms with E-state index in [1.165, 1.54) is 29.1 Å². The molecule has 0 aromatic carbocycles. The predicted molar refractivity (Wildman–Crippen MR) is 95.3 cm³/mol. The second-order valence-electron chi connectivity index (χ2n) is 6.40. The van der Waals surface area contributed by atoms with Crippen LogP contribution in [0.15, 0.2) is 46.1 Å². The van der Waals surface area contributed by atoms with Crippen molar-refractivity contribution in [1.82, 2.24) is 23.7 Å². The molecule has 0 amide bonds. The lowest BCUT2D eigenvalue weighted by Crippen LogP contribution is -2.26. The largest absolute Gasteiger partial charge is 0.417 e. The van der Waals surface area contributed by atoms with E-state index in [-0.39, 0.29) is 34.5 Å². The number of aryl methyl sites for hydroxylation is 2. The number of alkyl halides is 3. The van der Waals surface area contributed by atoms with Crippen molar-refractivity contribution in [3.8, 4) is 0 Å². The van der Waals surface area contributed by atoms with E-state index in [0.29, 0.717) is 11.7 Å². The molecule has 10 heteroatoms. The maximum atomic E-state index is 13.4. The third kappa shape index (κ3) is 2.77. The van der Waals surface area contributed by atoms with Crippen molar-refractivity contribution < 1.29 is 13.2 Å². The molecule has 4 aromatic rings. The van der Waals surface area contributed by atoms with Crippen molar-refractivity contribution in [3.63, 3.8) is 0 Å². The van der Waals surface area contributed by atoms with Crippen LogP contribution in [-0.4, -0.2) is 23.7 Å². The van der Waals surface area contributed by atoms with Crippen LogP contribution in [0.3, 0.4) is 0 Å². The van der Waals surface area contributed by atoms with Crippen LogP contribution in [0.2, 0.25) is 0 Å². The first kappa shape index (κ1) is 18.0. The fraction of sp³-hybridized carbons (Fsp3) is 0.222. The van der Waals surface area contributed by atoms with Crippen molar-refractivity contribution >= 4 is 16.7 Å². The SMILES string of the molecule is Cc1nn(C)c2c1c(C(F)(F)F)cc(=O)n2Cc1cc(=O)n2ccccc2n1. The van der Waals surface area contributed by atoms with Gasteiger partial charge in [0.15, 0.2) is 0 Å². The molecule has 0 atom stereocenters. The Kier molecular flexibility index (Phi) is 3.88. The zero-order chi connectivity index (χ0) is 20.2. The predicted octanol–water partition coefficient (Wildman–Crippen LogP) is 2.12. The van der Waals surface area contributed by atoms with Crippen LogP contribution in [0.5, 0.6) is 0 Å². The van der Waals surface area contributed by atoms with E-state index < -0.39 is 17.3 Å². The lowest BCUT2D eigenvalue weighted by molar-refractivity contribution is -0.136. The molecule has 28 heavy (non-hydrogen) atoms. The average Bonchev–Trinajstić information content (AvgIpc) is 2.90. The van der Waals surface area contributed by atoms with Crippen LogP contribution in [-0.2, 0) is 19.8 Å². The average molecular weight is 389 g/mol. The molecule has 0 aliphatic carbocycles. The number of halogens is 3. The number of aromatic nitrogens is 5. The first-order valence-electron chi connectivity index (χ1n) is 8.28. The maximum Gasteiger partial charge on any atom is 0.417 e. The zero-order valence-electron chi connectivity index (χ0n) is 14.9. The summed E-state index contributed by atoms with van der Waals surface area (Å²) in [5.74, 6) is 0. The molecule has 0 radical (unpaired) electrons. The molecule has 4 aromatic heterocycles. The number of hydrogen-bond donors (Lipinski definition) is 0. The van der Waals surface area contributed by atoms with Crippen LogP contribution >= 0.6 is 0 Å². The van der Waals surface area contributed by atoms with E-state index in [1.807, 2.05) is 0 Å². The molecular formula is C18H14F3N5O2. The molecule has 0 unspecified atom stereocenters. The fourth-order valence-electron chi connectivity index (χ4n) is 3.37. The van der Waals surface area contributed by atoms with E-state index in [4.69, 9.17) is 0 Å². The van der Waals surface area contributed by atoms with Gasteiger partial charge in [-0.25, -0.2) is 4.98 Å². The molecule has 0 aliphatic heterocycles. The third-order valence-electron chi connectivity index (χ3n) is 4.50. The summed E-state index contributed by atoms with van der Waals surface area (Å²) >= 11 is 0. The molecule has 0 spiro atoms. The first-order chi connectivity index (χ1) is 13.2. The van der Waals surface area contributed by atoms with E-state index in [0.717, 1.165) is 4.57 Å². The molecule has 0 N–H and O–H groups in total. The Bertz CT molecular complexity index is 1350. The quantitative estimate of drug-likeness (QED) is 0.526. The molecule has 4 heterocycles. The van der Waals surface area contributed by atoms with E-state index >= 15 is 0 Å². The highest BCUT2D eigenvalue weighted by Gasteiger charge is 2.36. The minimum absolute atomic E-state index is 0.0207. The van der Waals surface area contributed by atoms with E-state index in [1.54, 1.807) is 24.4 Å². The minimum Gasteiger partial charge on any atom is -0.287 e. The lowest BCUT2D eigenvalue weighted by Gasteiger charge is -2.13. The smallest absolute Gasteiger partial charge is 0.287 e. The summed E-state index contributed by atoms with van der Waals surface area (Å²) in [4.78, 5) is 29.1. The van der Waals surface area contributed by atoms with Crippen LogP contribution < -0.4 is 11.1 Å². The molecule has 4 rings (SSSR count). The van der Waals surface area contributed by atoms with Crippen LogP contribution in [0.4, 0.5) is 13.2 Å². The van der Waals surface area contributed by atoms with Crippen LogP contribution in [0.1, 0.15) is 17.0 Å². The lowest BCUT2D eigenvalue weighted by atomic mass is 10.1. The third-order valence-corrected chi connectivity index (χ3v) is 4.50. The summed E-state index contributed by atoms with van der Waals surface area (Å²) in [5, 5.41) is 3.90. The Morgan fingerprint density at radius 3 is 2.57 bits per heavy atom. The summed E-state index contributed by atoms with van der Waals surface area (Å²) in [6.07, 6.45) is -3.13. The monoisotopic (exact) mass is 389 g/mol. The van der Waals surface area contributed by atoms with E-state index in [9.17, 15) is 22.8 Å². The Labute approximate surface area is 155 Å². The second-order valence-corrected chi connectivity index (χ2v) is 6.40. The van der Waals surface area contributed by atoms with Gasteiger partial charge in [0.25, 0.3) is 11.1 Å². The zero-order valence-corrected chi connectivity index (χ0v) is 14.9. The van der Waals surface area contributed by atoms with E-state index in [2.05, 4.69) is 10.1 Å². The fourth-order valence-corrected chi connectivity index (χ4v) is 3.37. The topological polar surface area (TPSA) is 74.2 Å². The van der Waals surface area contributed by atoms with Gasteiger partial charge in [-0.15, -0.1) is 0 Å². The summed E-state index contributed by atoms with van der Waals surface area (Å²) in [6, 6.07) is 6.83. The van der Waals surface area contributed by atoms with Crippen molar-refractivity contribution in [2.45, 2.75) is 19.6 Å². The Morgan fingerprint density at radius 2 is 1.86 bits per heavy atom. The molecule has 0 saturated carbocycles. The number of hydrogen-bond acceptors (Lipinski definition) is 4. The maximum absolute atomic E-state index is 13.4. The van der Waals surface area contributed by atoms with Crippen molar-refractivity contribution in [3.05, 3.63) is 74.2 Å². The number of pyridine rings is 2. The molecule has 0 bridgehead atoms. The molecule has 144 valence electrons. The van der Waals surface area contributed by atoms with Crippen molar-refractivity contribution in [1.29, 1.82) is 0 Å². The number of rotatable bonds is 2. The highest BCUT2D eigenvalue weighted by Crippen LogP contribution is 2.35. The number of nitrogens with zero attached hydrogens (tertiary/aromatic N) is 5. The minimum atomic E-state index is -4.69. The Morgan fingerprint density at radius 1 is 1.11 bits per heavy atom. The van der Waals surface area contributed by atoms with Gasteiger partial charge in [0.05, 0.1) is 28.9 Å². The summed E-state index contributed by atoms with van der Waals surface area (Å²) < 4.78 is 44.0. The number of fused-ring (bicyclic) bond motifs is 2. The molecule has 0 fully saturated rings. The first-order valence-corrected chi connectivity index (χ1v) is 8.28. The molecular weight excluding hydrogens is 375 g/mol. The van der Waals surface area contributed by atoms with Gasteiger partial charge in [0.2, 0.25) is 0 Å². The molecule has 0 saturated heterocycles. The van der Waals surface area contributed by atoms with Gasteiger partial charge in [0, 0.05) is 25.4 Å². The second kappa shape index (κ2) is 6.04. The Balaban J connectivity index is 1.97. The summed E-state index contributed by atoms with van der Waals surface area (Å²) in [5.41, 5.74) is -1.41. The van der Waals surface area contributed by atoms with Crippen LogP contribution in [0.25, 0.3) is 16.7 Å². The van der Waals surface area contributed by atoms with Gasteiger partial charge >= 0.3 is 6.18 Å². The highest BCUT2D eigenvalue weighted by atomic mass is 19.4. The molecule has 7 nitrogen and oxygen atoms in total. The van der Waals surface area contributed by atoms with Gasteiger partial charge in [-0.05, 0) is 19.1 Å². The van der Waals surface area contributed by atoms with Gasteiger partial charge in [-0.3, -0.25) is 23.2 Å². The van der Waals surface area contributed by atoms with Crippen molar-refractivity contribution in [2.75, 3.05) is 0 Å². The summed E-state index contributed by atoms with van der Waals surface area (Å²) in [6.45, 7) is 1.29. The Hall–Kier alpha value is -3.43. The summed E-state index contributed by atoms with van der Waals surface area (Å²) in [7, 11) is 1.47. The van der Waals surface area contributed by atoms with Gasteiger partial charge < -0.3 is 0 Å². The van der Waals surface area contributed by atoms with Crippen molar-refractivity contribution in [2.24, 2.45) is 7.05 Å². The highest BCUT2D eigenvalue weighted by molar-refractivity contribution is 5.83.